The zero-order chi connectivity index (χ0) is 24.3. The summed E-state index contributed by atoms with van der Waals surface area (Å²) in [5, 5.41) is 10.8. The Morgan fingerprint density at radius 2 is 1.85 bits per heavy atom. The summed E-state index contributed by atoms with van der Waals surface area (Å²) < 4.78 is 39.1. The van der Waals surface area contributed by atoms with E-state index >= 15 is 0 Å². The third-order valence-electron chi connectivity index (χ3n) is 6.47. The Morgan fingerprint density at radius 3 is 2.50 bits per heavy atom. The van der Waals surface area contributed by atoms with Crippen molar-refractivity contribution in [1.82, 2.24) is 20.4 Å². The maximum atomic E-state index is 13.7. The van der Waals surface area contributed by atoms with E-state index in [2.05, 4.69) is 15.5 Å². The number of halogens is 2. The smallest absolute Gasteiger partial charge is 0.410 e. The van der Waals surface area contributed by atoms with E-state index in [1.54, 1.807) is 12.1 Å². The van der Waals surface area contributed by atoms with Crippen LogP contribution in [0.15, 0.2) is 36.5 Å². The molecule has 1 amide bonds. The van der Waals surface area contributed by atoms with E-state index in [9.17, 15) is 13.6 Å². The number of amides is 1. The molecule has 2 fully saturated rings. The van der Waals surface area contributed by atoms with Gasteiger partial charge in [0, 0.05) is 24.2 Å². The Labute approximate surface area is 198 Å². The molecule has 184 valence electrons. The van der Waals surface area contributed by atoms with Crippen molar-refractivity contribution < 1.29 is 23.0 Å². The van der Waals surface area contributed by atoms with Crippen LogP contribution in [0.4, 0.5) is 13.6 Å². The van der Waals surface area contributed by atoms with Crippen molar-refractivity contribution in [2.75, 3.05) is 13.1 Å². The number of benzene rings is 1. The van der Waals surface area contributed by atoms with Crippen molar-refractivity contribution in [3.8, 4) is 5.88 Å². The fraction of sp³-hybridized carbons (Fsp3) is 0.560. The lowest BCUT2D eigenvalue weighted by molar-refractivity contribution is -0.0142. The minimum Gasteiger partial charge on any atom is -0.469 e. The Hall–Kier alpha value is -2.81. The molecule has 1 saturated carbocycles. The van der Waals surface area contributed by atoms with Gasteiger partial charge in [0.15, 0.2) is 0 Å². The summed E-state index contributed by atoms with van der Waals surface area (Å²) in [6.45, 7) is 7.64. The summed E-state index contributed by atoms with van der Waals surface area (Å²) in [6.07, 6.45) is 2.40. The number of nitrogens with one attached hydrogen (secondary N) is 1. The molecular weight excluding hydrogens is 442 g/mol. The molecule has 7 nitrogen and oxygen atoms in total. The number of aromatic nitrogens is 2. The summed E-state index contributed by atoms with van der Waals surface area (Å²) in [6, 6.07) is 7.49. The average Bonchev–Trinajstić information content (AvgIpc) is 3.16. The number of carbonyl (C=O) groups is 1. The fourth-order valence-electron chi connectivity index (χ4n) is 4.96. The Kier molecular flexibility index (Phi) is 7.30. The van der Waals surface area contributed by atoms with Crippen LogP contribution in [0.5, 0.6) is 5.88 Å². The second-order valence-electron chi connectivity index (χ2n) is 10.1. The maximum Gasteiger partial charge on any atom is 0.410 e. The topological polar surface area (TPSA) is 76.6 Å². The minimum absolute atomic E-state index is 0.00986. The van der Waals surface area contributed by atoms with Gasteiger partial charge in [-0.25, -0.2) is 13.6 Å². The van der Waals surface area contributed by atoms with Gasteiger partial charge in [0.25, 0.3) is 0 Å². The molecule has 4 atom stereocenters. The molecule has 0 radical (unpaired) electrons. The van der Waals surface area contributed by atoms with Crippen LogP contribution in [0.25, 0.3) is 0 Å². The van der Waals surface area contributed by atoms with E-state index < -0.39 is 29.7 Å². The fourth-order valence-corrected chi connectivity index (χ4v) is 4.96. The lowest BCUT2D eigenvalue weighted by Crippen LogP contribution is -2.57. The molecule has 0 spiro atoms. The molecule has 34 heavy (non-hydrogen) atoms. The third-order valence-corrected chi connectivity index (χ3v) is 6.47. The van der Waals surface area contributed by atoms with Crippen molar-refractivity contribution in [2.24, 2.45) is 0 Å². The van der Waals surface area contributed by atoms with Crippen molar-refractivity contribution in [3.63, 3.8) is 0 Å². The third kappa shape index (κ3) is 5.81. The predicted molar refractivity (Wildman–Crippen MR) is 123 cm³/mol. The number of rotatable bonds is 5. The van der Waals surface area contributed by atoms with Crippen LogP contribution in [0.2, 0.25) is 0 Å². The quantitative estimate of drug-likeness (QED) is 0.691. The van der Waals surface area contributed by atoms with Gasteiger partial charge in [-0.3, -0.25) is 4.90 Å². The van der Waals surface area contributed by atoms with Gasteiger partial charge in [-0.1, -0.05) is 12.1 Å². The molecule has 1 N–H and O–H groups in total. The van der Waals surface area contributed by atoms with Crippen molar-refractivity contribution in [3.05, 3.63) is 53.7 Å². The number of carbonyl (C=O) groups excluding carboxylic acids is 1. The van der Waals surface area contributed by atoms with E-state index in [0.29, 0.717) is 19.4 Å². The Bertz CT molecular complexity index is 977. The number of piperidine rings is 1. The summed E-state index contributed by atoms with van der Waals surface area (Å²) in [4.78, 5) is 15.3. The monoisotopic (exact) mass is 474 g/mol. The van der Waals surface area contributed by atoms with Gasteiger partial charge in [0.1, 0.15) is 23.8 Å². The predicted octanol–water partition coefficient (Wildman–Crippen LogP) is 4.44. The highest BCUT2D eigenvalue weighted by Gasteiger charge is 2.43. The molecule has 1 saturated heterocycles. The number of nitrogens with zero attached hydrogens (tertiary/aromatic N) is 3. The normalized spacial score (nSPS) is 25.1. The first-order chi connectivity index (χ1) is 16.2. The molecule has 9 heteroatoms. The van der Waals surface area contributed by atoms with Crippen LogP contribution in [-0.4, -0.2) is 58.1 Å². The van der Waals surface area contributed by atoms with E-state index in [0.717, 1.165) is 37.2 Å². The molecule has 4 unspecified atom stereocenters. The molecule has 2 aliphatic rings. The second-order valence-corrected chi connectivity index (χ2v) is 10.1. The molecular formula is C25H32F2N4O3. The van der Waals surface area contributed by atoms with Gasteiger partial charge in [-0.2, -0.15) is 5.10 Å². The number of ether oxygens (including phenoxy) is 2. The van der Waals surface area contributed by atoms with Crippen molar-refractivity contribution >= 4 is 6.09 Å². The van der Waals surface area contributed by atoms with Crippen LogP contribution < -0.4 is 10.1 Å². The lowest BCUT2D eigenvalue weighted by atomic mass is 9.97. The zero-order valence-electron chi connectivity index (χ0n) is 19.8. The molecule has 1 aliphatic heterocycles. The van der Waals surface area contributed by atoms with Crippen LogP contribution >= 0.6 is 0 Å². The first-order valence-corrected chi connectivity index (χ1v) is 11.8. The van der Waals surface area contributed by atoms with Crippen LogP contribution in [-0.2, 0) is 4.74 Å². The van der Waals surface area contributed by atoms with Gasteiger partial charge >= 0.3 is 6.09 Å². The van der Waals surface area contributed by atoms with Crippen LogP contribution in [0, 0.1) is 11.6 Å². The SMILES string of the molecule is CC(C)(C)N(C(=O)OC1CC(c2ccc(F)cc2)CC1Oc1cc(F)cnn1)C1CCCNC1. The molecule has 0 bridgehead atoms. The lowest BCUT2D eigenvalue weighted by Gasteiger charge is -2.43. The summed E-state index contributed by atoms with van der Waals surface area (Å²) in [5.41, 5.74) is 0.503. The van der Waals surface area contributed by atoms with Gasteiger partial charge in [-0.05, 0) is 76.6 Å². The van der Waals surface area contributed by atoms with Gasteiger partial charge < -0.3 is 14.8 Å². The molecule has 1 aliphatic carbocycles. The first-order valence-electron chi connectivity index (χ1n) is 11.8. The Balaban J connectivity index is 1.55. The summed E-state index contributed by atoms with van der Waals surface area (Å²) in [7, 11) is 0. The van der Waals surface area contributed by atoms with E-state index in [1.165, 1.54) is 12.1 Å². The highest BCUT2D eigenvalue weighted by molar-refractivity contribution is 5.69. The Morgan fingerprint density at radius 1 is 1.12 bits per heavy atom. The standard InChI is InChI=1S/C25H32F2N4O3/c1-25(2,3)31(20-5-4-10-28-15-20)24(32)34-22-12-17(16-6-8-18(26)9-7-16)11-21(22)33-23-13-19(27)14-29-30-23/h6-9,13-14,17,20-22,28H,4-5,10-12,15H2,1-3H3. The van der Waals surface area contributed by atoms with E-state index in [-0.39, 0.29) is 23.7 Å². The summed E-state index contributed by atoms with van der Waals surface area (Å²) in [5.74, 6) is -0.843. The molecule has 1 aromatic heterocycles. The largest absolute Gasteiger partial charge is 0.469 e. The average molecular weight is 475 g/mol. The second kappa shape index (κ2) is 10.2. The van der Waals surface area contributed by atoms with Gasteiger partial charge in [-0.15, -0.1) is 5.10 Å². The summed E-state index contributed by atoms with van der Waals surface area (Å²) >= 11 is 0. The minimum atomic E-state index is -0.575. The van der Waals surface area contributed by atoms with Gasteiger partial charge in [0.2, 0.25) is 5.88 Å². The first kappa shape index (κ1) is 24.3. The maximum absolute atomic E-state index is 13.7. The van der Waals surface area contributed by atoms with Crippen LogP contribution in [0.3, 0.4) is 0 Å². The van der Waals surface area contributed by atoms with Crippen molar-refractivity contribution in [1.29, 1.82) is 0 Å². The van der Waals surface area contributed by atoms with E-state index in [1.807, 2.05) is 25.7 Å². The highest BCUT2D eigenvalue weighted by Crippen LogP contribution is 2.39. The highest BCUT2D eigenvalue weighted by atomic mass is 19.1. The molecule has 4 rings (SSSR count). The molecule has 2 aromatic rings. The number of hydrogen-bond donors (Lipinski definition) is 1. The van der Waals surface area contributed by atoms with Crippen molar-refractivity contribution in [2.45, 2.75) is 76.2 Å². The van der Waals surface area contributed by atoms with E-state index in [4.69, 9.17) is 9.47 Å². The van der Waals surface area contributed by atoms with Gasteiger partial charge in [0.05, 0.1) is 6.20 Å². The zero-order valence-corrected chi connectivity index (χ0v) is 19.8. The number of hydrogen-bond acceptors (Lipinski definition) is 6. The molecule has 2 heterocycles. The molecule has 1 aromatic carbocycles. The van der Waals surface area contributed by atoms with Crippen LogP contribution in [0.1, 0.15) is 57.9 Å².